The van der Waals surface area contributed by atoms with Crippen molar-refractivity contribution in [2.24, 2.45) is 5.92 Å². The maximum atomic E-state index is 12.4. The second kappa shape index (κ2) is 4.31. The van der Waals surface area contributed by atoms with Crippen molar-refractivity contribution < 1.29 is 19.3 Å². The summed E-state index contributed by atoms with van der Waals surface area (Å²) in [4.78, 5) is 11.8. The molecule has 1 rings (SSSR count). The fourth-order valence-corrected chi connectivity index (χ4v) is 2.09. The van der Waals surface area contributed by atoms with E-state index in [-0.39, 0.29) is 19.1 Å². The molecule has 1 aliphatic rings. The minimum absolute atomic E-state index is 0.141. The summed E-state index contributed by atoms with van der Waals surface area (Å²) in [6.07, 6.45) is -0.213. The van der Waals surface area contributed by atoms with Gasteiger partial charge in [0.25, 0.3) is 0 Å². The predicted molar refractivity (Wildman–Crippen MR) is 59.4 cm³/mol. The van der Waals surface area contributed by atoms with Crippen LogP contribution in [0.1, 0.15) is 34.1 Å². The lowest BCUT2D eigenvalue weighted by atomic mass is 10.1. The van der Waals surface area contributed by atoms with Crippen LogP contribution in [0.15, 0.2) is 0 Å². The van der Waals surface area contributed by atoms with Crippen LogP contribution in [0.25, 0.3) is 0 Å². The maximum Gasteiger partial charge on any atom is 0.516 e. The van der Waals surface area contributed by atoms with E-state index >= 15 is 0 Å². The molecule has 1 amide bonds. The molecule has 1 saturated heterocycles. The molecule has 1 heterocycles. The third-order valence-corrected chi connectivity index (χ3v) is 2.76. The lowest BCUT2D eigenvalue weighted by Crippen LogP contribution is -2.54. The summed E-state index contributed by atoms with van der Waals surface area (Å²) < 4.78 is 4.07. The van der Waals surface area contributed by atoms with E-state index in [1.165, 1.54) is 0 Å². The number of ether oxygens (including phenoxy) is 1. The average Bonchev–Trinajstić information content (AvgIpc) is 2.39. The highest BCUT2D eigenvalue weighted by Gasteiger charge is 2.46. The van der Waals surface area contributed by atoms with Crippen molar-refractivity contribution in [3.8, 4) is 0 Å². The first-order chi connectivity index (χ1) is 7.19. The average molecular weight is 231 g/mol. The first-order valence-electron chi connectivity index (χ1n) is 5.62. The van der Waals surface area contributed by atoms with Gasteiger partial charge in [0.1, 0.15) is 11.6 Å². The zero-order chi connectivity index (χ0) is 12.6. The van der Waals surface area contributed by atoms with Gasteiger partial charge in [0.2, 0.25) is 0 Å². The zero-order valence-electron chi connectivity index (χ0n) is 10.4. The van der Waals surface area contributed by atoms with Gasteiger partial charge >= 0.3 is 6.09 Å². The molecule has 1 N–H and O–H groups in total. The molecule has 1 aliphatic heterocycles. The van der Waals surface area contributed by atoms with E-state index < -0.39 is 22.4 Å². The molecule has 0 aromatic heterocycles. The van der Waals surface area contributed by atoms with Gasteiger partial charge in [-0.05, 0) is 20.8 Å². The Balaban J connectivity index is 2.80. The van der Waals surface area contributed by atoms with E-state index in [2.05, 4.69) is 0 Å². The van der Waals surface area contributed by atoms with Gasteiger partial charge in [0.05, 0.1) is 13.2 Å². The van der Waals surface area contributed by atoms with Gasteiger partial charge in [-0.2, -0.15) is 4.79 Å². The maximum absolute atomic E-state index is 12.4. The third kappa shape index (κ3) is 2.72. The minimum Gasteiger partial charge on any atom is -0.622 e. The van der Waals surface area contributed by atoms with E-state index in [1.807, 2.05) is 6.92 Å². The number of likely N-dealkylation sites (tertiary alicyclic amines) is 1. The van der Waals surface area contributed by atoms with Gasteiger partial charge in [-0.25, -0.2) is 0 Å². The zero-order valence-corrected chi connectivity index (χ0v) is 10.4. The number of rotatable bonds is 1. The smallest absolute Gasteiger partial charge is 0.516 e. The molecule has 16 heavy (non-hydrogen) atoms. The molecule has 0 aromatic carbocycles. The molecule has 5 nitrogen and oxygen atoms in total. The summed E-state index contributed by atoms with van der Waals surface area (Å²) >= 11 is 0. The number of carbonyl (C=O) groups excluding carboxylic acids is 1. The highest BCUT2D eigenvalue weighted by Crippen LogP contribution is 2.32. The fraction of sp³-hybridized carbons (Fsp3) is 0.909. The van der Waals surface area contributed by atoms with Crippen LogP contribution < -0.4 is 0 Å². The van der Waals surface area contributed by atoms with Crippen molar-refractivity contribution in [3.63, 3.8) is 0 Å². The Hall–Kier alpha value is -0.650. The standard InChI is InChI=1S/C11H21NO4/c1-8-5-9(7-13)12(15,6-8)10(14)16-11(2,3)4/h8-9,13H,5-7H2,1-4H3/t8?,9-,12?/m0/s1. The van der Waals surface area contributed by atoms with Gasteiger partial charge in [0.15, 0.2) is 0 Å². The van der Waals surface area contributed by atoms with E-state index in [0.29, 0.717) is 6.42 Å². The van der Waals surface area contributed by atoms with Crippen LogP contribution in [-0.4, -0.2) is 40.6 Å². The summed E-state index contributed by atoms with van der Waals surface area (Å²) in [5.41, 5.74) is -0.668. The Bertz CT molecular complexity index is 274. The molecule has 94 valence electrons. The van der Waals surface area contributed by atoms with Crippen LogP contribution >= 0.6 is 0 Å². The topological polar surface area (TPSA) is 69.6 Å². The lowest BCUT2D eigenvalue weighted by Gasteiger charge is -2.40. The highest BCUT2D eigenvalue weighted by atomic mass is 16.7. The minimum atomic E-state index is -1.05. The van der Waals surface area contributed by atoms with E-state index in [1.54, 1.807) is 20.8 Å². The summed E-state index contributed by atoms with van der Waals surface area (Å²) in [5, 5.41) is 21.5. The number of aliphatic hydroxyl groups is 1. The predicted octanol–water partition coefficient (Wildman–Crippen LogP) is 1.64. The number of aliphatic hydroxyl groups excluding tert-OH is 1. The van der Waals surface area contributed by atoms with Crippen LogP contribution in [0.5, 0.6) is 0 Å². The summed E-state index contributed by atoms with van der Waals surface area (Å²) in [6.45, 7) is 7.01. The Morgan fingerprint density at radius 1 is 1.56 bits per heavy atom. The number of hydrogen-bond donors (Lipinski definition) is 1. The van der Waals surface area contributed by atoms with Gasteiger partial charge in [-0.1, -0.05) is 6.92 Å². The Morgan fingerprint density at radius 2 is 2.12 bits per heavy atom. The first kappa shape index (κ1) is 13.4. The summed E-state index contributed by atoms with van der Waals surface area (Å²) in [6, 6.07) is -0.579. The molecule has 0 bridgehead atoms. The number of carbonyl (C=O) groups is 1. The number of hydroxylamine groups is 3. The van der Waals surface area contributed by atoms with E-state index in [4.69, 9.17) is 9.84 Å². The van der Waals surface area contributed by atoms with E-state index in [9.17, 15) is 10.0 Å². The largest absolute Gasteiger partial charge is 0.622 e. The van der Waals surface area contributed by atoms with Crippen LogP contribution in [0.3, 0.4) is 0 Å². The quantitative estimate of drug-likeness (QED) is 0.550. The van der Waals surface area contributed by atoms with E-state index in [0.717, 1.165) is 0 Å². The fourth-order valence-electron chi connectivity index (χ4n) is 2.09. The molecular weight excluding hydrogens is 210 g/mol. The Labute approximate surface area is 96.2 Å². The number of quaternary nitrogens is 1. The van der Waals surface area contributed by atoms with Crippen LogP contribution in [0, 0.1) is 11.1 Å². The molecule has 3 atom stereocenters. The molecule has 0 spiro atoms. The third-order valence-electron chi connectivity index (χ3n) is 2.76. The normalized spacial score (nSPS) is 35.1. The SMILES string of the molecule is CC1C[C@@H](CO)[N+]([O-])(C(=O)OC(C)(C)C)C1. The van der Waals surface area contributed by atoms with Gasteiger partial charge in [-0.15, -0.1) is 0 Å². The number of nitrogens with zero attached hydrogens (tertiary/aromatic N) is 1. The molecule has 0 saturated carbocycles. The molecule has 1 fully saturated rings. The van der Waals surface area contributed by atoms with Crippen molar-refractivity contribution in [2.45, 2.75) is 45.8 Å². The second-order valence-corrected chi connectivity index (χ2v) is 5.64. The van der Waals surface area contributed by atoms with Crippen LogP contribution in [0.4, 0.5) is 4.79 Å². The number of hydrogen-bond acceptors (Lipinski definition) is 4. The van der Waals surface area contributed by atoms with Crippen molar-refractivity contribution in [1.82, 2.24) is 0 Å². The van der Waals surface area contributed by atoms with Crippen molar-refractivity contribution >= 4 is 6.09 Å². The van der Waals surface area contributed by atoms with Gasteiger partial charge in [-0.3, -0.25) is 4.65 Å². The van der Waals surface area contributed by atoms with Crippen molar-refractivity contribution in [3.05, 3.63) is 5.21 Å². The monoisotopic (exact) mass is 231 g/mol. The molecular formula is C11H21NO4. The molecule has 0 aromatic rings. The number of amides is 1. The van der Waals surface area contributed by atoms with Crippen LogP contribution in [-0.2, 0) is 4.74 Å². The Kier molecular flexibility index (Phi) is 3.62. The molecule has 2 unspecified atom stereocenters. The molecule has 5 heteroatoms. The molecule has 0 aliphatic carbocycles. The highest BCUT2D eigenvalue weighted by molar-refractivity contribution is 5.61. The van der Waals surface area contributed by atoms with Gasteiger partial charge < -0.3 is 15.1 Å². The summed E-state index contributed by atoms with van der Waals surface area (Å²) in [5.74, 6) is 0.141. The molecule has 0 radical (unpaired) electrons. The Morgan fingerprint density at radius 3 is 2.56 bits per heavy atom. The van der Waals surface area contributed by atoms with Crippen molar-refractivity contribution in [1.29, 1.82) is 0 Å². The lowest BCUT2D eigenvalue weighted by molar-refractivity contribution is -0.823. The summed E-state index contributed by atoms with van der Waals surface area (Å²) in [7, 11) is 0. The van der Waals surface area contributed by atoms with Gasteiger partial charge in [0, 0.05) is 12.3 Å². The van der Waals surface area contributed by atoms with Crippen LogP contribution in [0.2, 0.25) is 0 Å². The second-order valence-electron chi connectivity index (χ2n) is 5.64. The van der Waals surface area contributed by atoms with Crippen molar-refractivity contribution in [2.75, 3.05) is 13.2 Å². The first-order valence-corrected chi connectivity index (χ1v) is 5.62.